The van der Waals surface area contributed by atoms with Gasteiger partial charge >= 0.3 is 5.97 Å². The summed E-state index contributed by atoms with van der Waals surface area (Å²) in [5, 5.41) is 18.9. The van der Waals surface area contributed by atoms with Crippen molar-refractivity contribution in [2.75, 3.05) is 31.7 Å². The molecular formula is C13H17NO4. The van der Waals surface area contributed by atoms with Crippen LogP contribution >= 0.6 is 0 Å². The van der Waals surface area contributed by atoms with Crippen molar-refractivity contribution in [3.8, 4) is 0 Å². The van der Waals surface area contributed by atoms with Crippen molar-refractivity contribution in [3.05, 3.63) is 29.8 Å². The molecule has 1 aromatic rings. The zero-order valence-corrected chi connectivity index (χ0v) is 10.2. The van der Waals surface area contributed by atoms with Crippen LogP contribution in [0, 0.1) is 0 Å². The van der Waals surface area contributed by atoms with E-state index in [-0.39, 0.29) is 6.61 Å². The van der Waals surface area contributed by atoms with Crippen molar-refractivity contribution in [2.24, 2.45) is 0 Å². The van der Waals surface area contributed by atoms with E-state index in [1.165, 1.54) is 7.11 Å². The van der Waals surface area contributed by atoms with Crippen molar-refractivity contribution in [3.63, 3.8) is 0 Å². The van der Waals surface area contributed by atoms with Crippen LogP contribution in [0.1, 0.15) is 11.5 Å². The minimum Gasteiger partial charge on any atom is -0.481 e. The zero-order valence-electron chi connectivity index (χ0n) is 10.2. The minimum atomic E-state index is -0.828. The maximum Gasteiger partial charge on any atom is 0.312 e. The summed E-state index contributed by atoms with van der Waals surface area (Å²) < 4.78 is 4.88. The van der Waals surface area contributed by atoms with Gasteiger partial charge in [-0.2, -0.15) is 0 Å². The quantitative estimate of drug-likeness (QED) is 0.805. The second-order valence-corrected chi connectivity index (χ2v) is 4.46. The molecule has 0 spiro atoms. The van der Waals surface area contributed by atoms with Crippen LogP contribution in [0.15, 0.2) is 24.3 Å². The number of hydrogen-bond acceptors (Lipinski definition) is 4. The van der Waals surface area contributed by atoms with Crippen LogP contribution in [0.5, 0.6) is 0 Å². The van der Waals surface area contributed by atoms with E-state index in [1.54, 1.807) is 0 Å². The molecule has 2 N–H and O–H groups in total. The lowest BCUT2D eigenvalue weighted by atomic mass is 10.0. The summed E-state index contributed by atoms with van der Waals surface area (Å²) in [6.07, 6.45) is -0.615. The lowest BCUT2D eigenvalue weighted by Gasteiger charge is -2.22. The Morgan fingerprint density at radius 3 is 2.94 bits per heavy atom. The standard InChI is InChI=1S/C13H17NO4/c1-18-8-9(15)6-14-7-11(13(16)17)10-4-2-3-5-12(10)14/h2-5,9,11,15H,6-8H2,1H3,(H,16,17). The Morgan fingerprint density at radius 1 is 1.56 bits per heavy atom. The number of aliphatic hydroxyl groups is 1. The van der Waals surface area contributed by atoms with Gasteiger partial charge < -0.3 is 19.8 Å². The first-order valence-electron chi connectivity index (χ1n) is 5.87. The van der Waals surface area contributed by atoms with E-state index in [0.29, 0.717) is 13.1 Å². The van der Waals surface area contributed by atoms with E-state index in [2.05, 4.69) is 0 Å². The number of methoxy groups -OCH3 is 1. The molecule has 2 unspecified atom stereocenters. The predicted molar refractivity (Wildman–Crippen MR) is 66.9 cm³/mol. The van der Waals surface area contributed by atoms with Crippen molar-refractivity contribution >= 4 is 11.7 Å². The van der Waals surface area contributed by atoms with Crippen molar-refractivity contribution in [1.29, 1.82) is 0 Å². The molecular weight excluding hydrogens is 234 g/mol. The monoisotopic (exact) mass is 251 g/mol. The molecule has 0 saturated carbocycles. The van der Waals surface area contributed by atoms with Crippen LogP contribution in [-0.2, 0) is 9.53 Å². The van der Waals surface area contributed by atoms with Crippen LogP contribution in [-0.4, -0.2) is 49.1 Å². The highest BCUT2D eigenvalue weighted by molar-refractivity contribution is 5.82. The number of ether oxygens (including phenoxy) is 1. The summed E-state index contributed by atoms with van der Waals surface area (Å²) >= 11 is 0. The summed E-state index contributed by atoms with van der Waals surface area (Å²) in [7, 11) is 1.53. The Bertz CT molecular complexity index is 435. The number of β-amino-alcohol motifs (C(OH)–C–C–N with tert-alkyl or cyclic N) is 1. The molecule has 2 rings (SSSR count). The maximum absolute atomic E-state index is 11.2. The van der Waals surface area contributed by atoms with E-state index in [1.807, 2.05) is 29.2 Å². The van der Waals surface area contributed by atoms with Gasteiger partial charge in [0.25, 0.3) is 0 Å². The van der Waals surface area contributed by atoms with Crippen molar-refractivity contribution in [2.45, 2.75) is 12.0 Å². The van der Waals surface area contributed by atoms with Crippen LogP contribution in [0.25, 0.3) is 0 Å². The molecule has 1 aliphatic heterocycles. The highest BCUT2D eigenvalue weighted by Crippen LogP contribution is 2.36. The molecule has 1 heterocycles. The van der Waals surface area contributed by atoms with Gasteiger partial charge in [0.2, 0.25) is 0 Å². The minimum absolute atomic E-state index is 0.246. The first-order chi connectivity index (χ1) is 8.63. The average Bonchev–Trinajstić information content (AvgIpc) is 2.69. The number of carboxylic acids is 1. The zero-order chi connectivity index (χ0) is 13.1. The van der Waals surface area contributed by atoms with Crippen LogP contribution in [0.2, 0.25) is 0 Å². The van der Waals surface area contributed by atoms with Gasteiger partial charge in [-0.3, -0.25) is 4.79 Å². The SMILES string of the molecule is COCC(O)CN1CC(C(=O)O)c2ccccc21. The molecule has 0 amide bonds. The Balaban J connectivity index is 2.17. The second-order valence-electron chi connectivity index (χ2n) is 4.46. The number of para-hydroxylation sites is 1. The fraction of sp³-hybridized carbons (Fsp3) is 0.462. The highest BCUT2D eigenvalue weighted by atomic mass is 16.5. The summed E-state index contributed by atoms with van der Waals surface area (Å²) in [4.78, 5) is 13.1. The molecule has 0 bridgehead atoms. The molecule has 5 heteroatoms. The first kappa shape index (κ1) is 12.9. The van der Waals surface area contributed by atoms with Gasteiger partial charge in [-0.25, -0.2) is 0 Å². The third kappa shape index (κ3) is 2.47. The number of nitrogens with zero attached hydrogens (tertiary/aromatic N) is 1. The Kier molecular flexibility index (Phi) is 3.84. The van der Waals surface area contributed by atoms with Gasteiger partial charge in [0.05, 0.1) is 12.7 Å². The molecule has 5 nitrogen and oxygen atoms in total. The second kappa shape index (κ2) is 5.37. The van der Waals surface area contributed by atoms with Crippen LogP contribution < -0.4 is 4.90 Å². The number of hydrogen-bond donors (Lipinski definition) is 2. The molecule has 0 saturated heterocycles. The molecule has 1 aliphatic rings. The third-order valence-corrected chi connectivity index (χ3v) is 3.14. The van der Waals surface area contributed by atoms with Crippen LogP contribution in [0.4, 0.5) is 5.69 Å². The van der Waals surface area contributed by atoms with E-state index >= 15 is 0 Å². The lowest BCUT2D eigenvalue weighted by Crippen LogP contribution is -2.34. The third-order valence-electron chi connectivity index (χ3n) is 3.14. The van der Waals surface area contributed by atoms with E-state index < -0.39 is 18.0 Å². The molecule has 18 heavy (non-hydrogen) atoms. The molecule has 0 radical (unpaired) electrons. The van der Waals surface area contributed by atoms with E-state index in [4.69, 9.17) is 4.74 Å². The number of anilines is 1. The van der Waals surface area contributed by atoms with Crippen molar-refractivity contribution in [1.82, 2.24) is 0 Å². The van der Waals surface area contributed by atoms with Crippen molar-refractivity contribution < 1.29 is 19.7 Å². The average molecular weight is 251 g/mol. The number of carboxylic acid groups (broad SMARTS) is 1. The van der Waals surface area contributed by atoms with Gasteiger partial charge in [-0.15, -0.1) is 0 Å². The number of aliphatic hydroxyl groups excluding tert-OH is 1. The van der Waals surface area contributed by atoms with Gasteiger partial charge in [-0.05, 0) is 11.6 Å². The summed E-state index contributed by atoms with van der Waals surface area (Å²) in [5.41, 5.74) is 1.70. The van der Waals surface area contributed by atoms with Gasteiger partial charge in [0.1, 0.15) is 5.92 Å². The van der Waals surface area contributed by atoms with Gasteiger partial charge in [0, 0.05) is 25.9 Å². The summed E-state index contributed by atoms with van der Waals surface area (Å²) in [5.74, 6) is -1.35. The Hall–Kier alpha value is -1.59. The van der Waals surface area contributed by atoms with Gasteiger partial charge in [0.15, 0.2) is 0 Å². The molecule has 0 fully saturated rings. The smallest absolute Gasteiger partial charge is 0.312 e. The largest absolute Gasteiger partial charge is 0.481 e. The molecule has 98 valence electrons. The lowest BCUT2D eigenvalue weighted by molar-refractivity contribution is -0.138. The van der Waals surface area contributed by atoms with Gasteiger partial charge in [-0.1, -0.05) is 18.2 Å². The topological polar surface area (TPSA) is 70.0 Å². The Labute approximate surface area is 106 Å². The Morgan fingerprint density at radius 2 is 2.28 bits per heavy atom. The maximum atomic E-state index is 11.2. The summed E-state index contributed by atoms with van der Waals surface area (Å²) in [6, 6.07) is 7.43. The van der Waals surface area contributed by atoms with Crippen LogP contribution in [0.3, 0.4) is 0 Å². The number of fused-ring (bicyclic) bond motifs is 1. The molecule has 0 aromatic heterocycles. The fourth-order valence-electron chi connectivity index (χ4n) is 2.37. The van der Waals surface area contributed by atoms with E-state index in [9.17, 15) is 15.0 Å². The number of aliphatic carboxylic acids is 1. The molecule has 2 atom stereocenters. The number of rotatable bonds is 5. The summed E-state index contributed by atoms with van der Waals surface area (Å²) in [6.45, 7) is 1.03. The van der Waals surface area contributed by atoms with E-state index in [0.717, 1.165) is 11.3 Å². The first-order valence-corrected chi connectivity index (χ1v) is 5.87. The number of carbonyl (C=O) groups is 1. The fourth-order valence-corrected chi connectivity index (χ4v) is 2.37. The molecule has 0 aliphatic carbocycles. The predicted octanol–water partition coefficient (Wildman–Crippen LogP) is 0.682. The molecule has 1 aromatic carbocycles. The normalized spacial score (nSPS) is 19.7. The highest BCUT2D eigenvalue weighted by Gasteiger charge is 2.33. The number of benzene rings is 1.